The molecule has 1 aliphatic rings. The number of carbonyl (C=O) groups excluding carboxylic acids is 1. The maximum Gasteiger partial charge on any atom is 0.253 e. The van der Waals surface area contributed by atoms with Gasteiger partial charge in [0.05, 0.1) is 5.60 Å². The number of hydrogen-bond acceptors (Lipinski definition) is 3. The van der Waals surface area contributed by atoms with E-state index in [0.717, 1.165) is 49.9 Å². The first-order valence-corrected chi connectivity index (χ1v) is 9.03. The summed E-state index contributed by atoms with van der Waals surface area (Å²) in [6.45, 7) is 5.31. The van der Waals surface area contributed by atoms with Gasteiger partial charge in [-0.1, -0.05) is 12.1 Å². The molecule has 0 spiro atoms. The predicted molar refractivity (Wildman–Crippen MR) is 98.3 cm³/mol. The molecule has 4 heteroatoms. The van der Waals surface area contributed by atoms with Crippen LogP contribution in [0, 0.1) is 0 Å². The average Bonchev–Trinajstić information content (AvgIpc) is 2.78. The third-order valence-electron chi connectivity index (χ3n) is 4.91. The number of aryl methyl sites for hydroxylation is 1. The van der Waals surface area contributed by atoms with Crippen molar-refractivity contribution in [2.45, 2.75) is 57.6 Å². The van der Waals surface area contributed by atoms with Crippen LogP contribution in [0.4, 0.5) is 0 Å². The summed E-state index contributed by atoms with van der Waals surface area (Å²) in [5.74, 6) is 0.138. The van der Waals surface area contributed by atoms with E-state index < -0.39 is 5.60 Å². The first-order valence-electron chi connectivity index (χ1n) is 9.03. The molecule has 2 rings (SSSR count). The molecule has 1 aromatic carbocycles. The molecule has 24 heavy (non-hydrogen) atoms. The highest BCUT2D eigenvalue weighted by Gasteiger charge is 2.22. The van der Waals surface area contributed by atoms with E-state index in [1.54, 1.807) is 0 Å². The molecule has 0 unspecified atom stereocenters. The first kappa shape index (κ1) is 18.9. The lowest BCUT2D eigenvalue weighted by Gasteiger charge is -2.23. The quantitative estimate of drug-likeness (QED) is 0.901. The van der Waals surface area contributed by atoms with Crippen molar-refractivity contribution in [2.24, 2.45) is 0 Å². The van der Waals surface area contributed by atoms with Crippen molar-refractivity contribution in [3.63, 3.8) is 0 Å². The smallest absolute Gasteiger partial charge is 0.253 e. The van der Waals surface area contributed by atoms with E-state index in [4.69, 9.17) is 0 Å². The fraction of sp³-hybridized carbons (Fsp3) is 0.650. The highest BCUT2D eigenvalue weighted by atomic mass is 16.3. The Morgan fingerprint density at radius 2 is 2.04 bits per heavy atom. The van der Waals surface area contributed by atoms with Gasteiger partial charge in [-0.2, -0.15) is 0 Å². The standard InChI is InChI=1S/C20H32N2O2/c1-20(2,24)12-10-16-7-5-8-17(15-16)19(23)22-13-6-9-18(11-14-22)21(3)4/h5,7-8,15,18,24H,6,9-14H2,1-4H3/t18-/m0/s1. The average molecular weight is 332 g/mol. The minimum absolute atomic E-state index is 0.138. The number of rotatable bonds is 5. The van der Waals surface area contributed by atoms with Crippen LogP contribution in [-0.4, -0.2) is 59.6 Å². The van der Waals surface area contributed by atoms with Crippen LogP contribution in [0.2, 0.25) is 0 Å². The predicted octanol–water partition coefficient (Wildman–Crippen LogP) is 2.95. The van der Waals surface area contributed by atoms with Crippen LogP contribution in [0.25, 0.3) is 0 Å². The number of benzene rings is 1. The number of aliphatic hydroxyl groups is 1. The second kappa shape index (κ2) is 8.13. The van der Waals surface area contributed by atoms with Gasteiger partial charge in [0.2, 0.25) is 0 Å². The van der Waals surface area contributed by atoms with Crippen molar-refractivity contribution in [1.29, 1.82) is 0 Å². The highest BCUT2D eigenvalue weighted by Crippen LogP contribution is 2.19. The lowest BCUT2D eigenvalue weighted by Crippen LogP contribution is -2.33. The zero-order valence-electron chi connectivity index (χ0n) is 15.6. The molecule has 0 aliphatic carbocycles. The third-order valence-corrected chi connectivity index (χ3v) is 4.91. The van der Waals surface area contributed by atoms with Gasteiger partial charge in [0.1, 0.15) is 0 Å². The molecule has 1 fully saturated rings. The van der Waals surface area contributed by atoms with E-state index >= 15 is 0 Å². The van der Waals surface area contributed by atoms with Crippen LogP contribution in [-0.2, 0) is 6.42 Å². The normalized spacial score (nSPS) is 19.4. The summed E-state index contributed by atoms with van der Waals surface area (Å²) in [7, 11) is 4.24. The van der Waals surface area contributed by atoms with Crippen molar-refractivity contribution < 1.29 is 9.90 Å². The van der Waals surface area contributed by atoms with Crippen molar-refractivity contribution in [1.82, 2.24) is 9.80 Å². The van der Waals surface area contributed by atoms with Gasteiger partial charge >= 0.3 is 0 Å². The first-order chi connectivity index (χ1) is 11.3. The second-order valence-electron chi connectivity index (χ2n) is 7.85. The van der Waals surface area contributed by atoms with Crippen molar-refractivity contribution >= 4 is 5.91 Å². The molecular weight excluding hydrogens is 300 g/mol. The number of hydrogen-bond donors (Lipinski definition) is 1. The topological polar surface area (TPSA) is 43.8 Å². The van der Waals surface area contributed by atoms with Crippen molar-refractivity contribution in [3.05, 3.63) is 35.4 Å². The summed E-state index contributed by atoms with van der Waals surface area (Å²) in [4.78, 5) is 17.1. The summed E-state index contributed by atoms with van der Waals surface area (Å²) < 4.78 is 0. The summed E-state index contributed by atoms with van der Waals surface area (Å²) in [5.41, 5.74) is 1.21. The molecule has 1 heterocycles. The largest absolute Gasteiger partial charge is 0.390 e. The molecule has 0 saturated carbocycles. The van der Waals surface area contributed by atoms with Gasteiger partial charge in [-0.25, -0.2) is 0 Å². The molecule has 0 radical (unpaired) electrons. The summed E-state index contributed by atoms with van der Waals surface area (Å²) >= 11 is 0. The van der Waals surface area contributed by atoms with E-state index in [-0.39, 0.29) is 5.91 Å². The van der Waals surface area contributed by atoms with Gasteiger partial charge < -0.3 is 14.9 Å². The van der Waals surface area contributed by atoms with Crippen LogP contribution < -0.4 is 0 Å². The molecule has 4 nitrogen and oxygen atoms in total. The molecule has 134 valence electrons. The maximum atomic E-state index is 12.8. The number of likely N-dealkylation sites (tertiary alicyclic amines) is 1. The molecule has 0 aromatic heterocycles. The van der Waals surface area contributed by atoms with Gasteiger partial charge in [-0.05, 0) is 77.7 Å². The summed E-state index contributed by atoms with van der Waals surface area (Å²) in [6.07, 6.45) is 4.73. The van der Waals surface area contributed by atoms with E-state index in [0.29, 0.717) is 12.5 Å². The number of amides is 1. The van der Waals surface area contributed by atoms with Crippen LogP contribution >= 0.6 is 0 Å². The Morgan fingerprint density at radius 1 is 1.29 bits per heavy atom. The van der Waals surface area contributed by atoms with Crippen molar-refractivity contribution in [2.75, 3.05) is 27.2 Å². The Kier molecular flexibility index (Phi) is 6.41. The minimum atomic E-state index is -0.675. The highest BCUT2D eigenvalue weighted by molar-refractivity contribution is 5.94. The molecular formula is C20H32N2O2. The Hall–Kier alpha value is -1.39. The Labute approximate surface area is 146 Å². The van der Waals surface area contributed by atoms with Crippen LogP contribution in [0.1, 0.15) is 55.5 Å². The minimum Gasteiger partial charge on any atom is -0.390 e. The lowest BCUT2D eigenvalue weighted by atomic mass is 9.97. The zero-order chi connectivity index (χ0) is 17.7. The van der Waals surface area contributed by atoms with E-state index in [9.17, 15) is 9.90 Å². The number of nitrogens with zero attached hydrogens (tertiary/aromatic N) is 2. The zero-order valence-corrected chi connectivity index (χ0v) is 15.6. The monoisotopic (exact) mass is 332 g/mol. The SMILES string of the molecule is CN(C)[C@H]1CCCN(C(=O)c2cccc(CCC(C)(C)O)c2)CC1. The van der Waals surface area contributed by atoms with Gasteiger partial charge in [-0.3, -0.25) is 4.79 Å². The molecule has 0 bridgehead atoms. The Balaban J connectivity index is 2.01. The van der Waals surface area contributed by atoms with E-state index in [2.05, 4.69) is 19.0 Å². The third kappa shape index (κ3) is 5.60. The fourth-order valence-corrected chi connectivity index (χ4v) is 3.29. The van der Waals surface area contributed by atoms with Crippen molar-refractivity contribution in [3.8, 4) is 0 Å². The summed E-state index contributed by atoms with van der Waals surface area (Å²) in [6, 6.07) is 8.45. The Morgan fingerprint density at radius 3 is 2.71 bits per heavy atom. The molecule has 1 aliphatic heterocycles. The second-order valence-corrected chi connectivity index (χ2v) is 7.85. The van der Waals surface area contributed by atoms with E-state index in [1.165, 1.54) is 0 Å². The molecule has 1 atom stereocenters. The molecule has 1 amide bonds. The van der Waals surface area contributed by atoms with Crippen LogP contribution in [0.5, 0.6) is 0 Å². The Bertz CT molecular complexity index is 549. The molecule has 1 saturated heterocycles. The maximum absolute atomic E-state index is 12.8. The molecule has 1 aromatic rings. The van der Waals surface area contributed by atoms with E-state index in [1.807, 2.05) is 43.0 Å². The van der Waals surface area contributed by atoms with Gasteiger partial charge in [0, 0.05) is 24.7 Å². The fourth-order valence-electron chi connectivity index (χ4n) is 3.29. The summed E-state index contributed by atoms with van der Waals surface area (Å²) in [5, 5.41) is 9.88. The number of carbonyl (C=O) groups is 1. The van der Waals surface area contributed by atoms with Gasteiger partial charge in [0.15, 0.2) is 0 Å². The van der Waals surface area contributed by atoms with Gasteiger partial charge in [-0.15, -0.1) is 0 Å². The van der Waals surface area contributed by atoms with Crippen LogP contribution in [0.15, 0.2) is 24.3 Å². The van der Waals surface area contributed by atoms with Crippen LogP contribution in [0.3, 0.4) is 0 Å². The lowest BCUT2D eigenvalue weighted by molar-refractivity contribution is 0.0714. The molecule has 1 N–H and O–H groups in total. The van der Waals surface area contributed by atoms with Gasteiger partial charge in [0.25, 0.3) is 5.91 Å².